The average molecular weight is 189 g/mol. The van der Waals surface area contributed by atoms with Crippen molar-refractivity contribution < 1.29 is 24.6 Å². The van der Waals surface area contributed by atoms with Gasteiger partial charge in [0.2, 0.25) is 6.41 Å². The molecular weight excluding hydrogens is 178 g/mol. The summed E-state index contributed by atoms with van der Waals surface area (Å²) in [6.07, 6.45) is 1.87. The molecule has 0 saturated carbocycles. The molecule has 0 aliphatic rings. The summed E-state index contributed by atoms with van der Waals surface area (Å²) in [6, 6.07) is 0. The summed E-state index contributed by atoms with van der Waals surface area (Å²) in [5, 5.41) is 15.6. The van der Waals surface area contributed by atoms with Gasteiger partial charge in [0.15, 0.2) is 0 Å². The van der Waals surface area contributed by atoms with Crippen LogP contribution in [0.2, 0.25) is 0 Å². The van der Waals surface area contributed by atoms with E-state index in [-0.39, 0.29) is 0 Å². The number of carbonyl (C=O) groups is 3. The van der Waals surface area contributed by atoms with Gasteiger partial charge >= 0.3 is 11.9 Å². The van der Waals surface area contributed by atoms with E-state index in [4.69, 9.17) is 10.2 Å². The summed E-state index contributed by atoms with van der Waals surface area (Å²) in [7, 11) is 3.38. The van der Waals surface area contributed by atoms with Crippen LogP contribution in [-0.4, -0.2) is 47.6 Å². The van der Waals surface area contributed by atoms with Crippen molar-refractivity contribution in [2.75, 3.05) is 14.1 Å². The Bertz CT molecular complexity index is 193. The first-order valence-corrected chi connectivity index (χ1v) is 3.15. The van der Waals surface area contributed by atoms with Crippen LogP contribution in [0.15, 0.2) is 12.2 Å². The number of carbonyl (C=O) groups excluding carboxylic acids is 1. The number of carboxylic acid groups (broad SMARTS) is 2. The van der Waals surface area contributed by atoms with Gasteiger partial charge < -0.3 is 15.1 Å². The van der Waals surface area contributed by atoms with Gasteiger partial charge in [-0.15, -0.1) is 0 Å². The van der Waals surface area contributed by atoms with Crippen molar-refractivity contribution in [1.29, 1.82) is 0 Å². The first-order valence-electron chi connectivity index (χ1n) is 3.15. The zero-order valence-electron chi connectivity index (χ0n) is 7.30. The van der Waals surface area contributed by atoms with E-state index in [1.807, 2.05) is 0 Å². The Kier molecular flexibility index (Phi) is 8.71. The van der Waals surface area contributed by atoms with E-state index in [9.17, 15) is 14.4 Å². The fourth-order valence-electron chi connectivity index (χ4n) is 0.143. The van der Waals surface area contributed by atoms with E-state index in [1.165, 1.54) is 4.90 Å². The molecule has 13 heavy (non-hydrogen) atoms. The highest BCUT2D eigenvalue weighted by molar-refractivity contribution is 5.89. The van der Waals surface area contributed by atoms with Crippen molar-refractivity contribution in [2.45, 2.75) is 0 Å². The lowest BCUT2D eigenvalue weighted by Gasteiger charge is -1.93. The highest BCUT2D eigenvalue weighted by atomic mass is 16.4. The van der Waals surface area contributed by atoms with E-state index in [0.29, 0.717) is 12.2 Å². The molecule has 0 aromatic heterocycles. The molecular formula is C7H11NO5. The zero-order valence-corrected chi connectivity index (χ0v) is 7.30. The Morgan fingerprint density at radius 2 is 1.31 bits per heavy atom. The van der Waals surface area contributed by atoms with E-state index in [1.54, 1.807) is 14.1 Å². The molecule has 0 fully saturated rings. The predicted octanol–water partition coefficient (Wildman–Crippen LogP) is -0.584. The average Bonchev–Trinajstić information content (AvgIpc) is 2.02. The van der Waals surface area contributed by atoms with Crippen LogP contribution in [0.25, 0.3) is 0 Å². The standard InChI is InChI=1S/C4H4O4.C3H7NO/c5-3(6)1-2-4(7)8;1-4(2)3-5/h1-2H,(H,5,6)(H,7,8);3H,1-2H3. The Morgan fingerprint density at radius 3 is 1.38 bits per heavy atom. The summed E-state index contributed by atoms with van der Waals surface area (Å²) in [5.41, 5.74) is 0. The maximum Gasteiger partial charge on any atom is 0.328 e. The summed E-state index contributed by atoms with van der Waals surface area (Å²) in [5.74, 6) is -2.51. The van der Waals surface area contributed by atoms with Gasteiger partial charge in [0, 0.05) is 26.2 Å². The van der Waals surface area contributed by atoms with Crippen molar-refractivity contribution in [1.82, 2.24) is 4.90 Å². The minimum Gasteiger partial charge on any atom is -0.478 e. The smallest absolute Gasteiger partial charge is 0.328 e. The molecule has 1 amide bonds. The number of rotatable bonds is 3. The Morgan fingerprint density at radius 1 is 1.08 bits per heavy atom. The molecule has 74 valence electrons. The zero-order chi connectivity index (χ0) is 10.9. The first-order chi connectivity index (χ1) is 5.90. The van der Waals surface area contributed by atoms with Crippen LogP contribution in [0.3, 0.4) is 0 Å². The fraction of sp³-hybridized carbons (Fsp3) is 0.286. The van der Waals surface area contributed by atoms with Gasteiger partial charge in [0.1, 0.15) is 0 Å². The van der Waals surface area contributed by atoms with Crippen LogP contribution in [0.1, 0.15) is 0 Å². The molecule has 6 heteroatoms. The van der Waals surface area contributed by atoms with Crippen LogP contribution >= 0.6 is 0 Å². The molecule has 0 rings (SSSR count). The predicted molar refractivity (Wildman–Crippen MR) is 44.2 cm³/mol. The molecule has 0 heterocycles. The Balaban J connectivity index is 0. The highest BCUT2D eigenvalue weighted by Crippen LogP contribution is 1.70. The van der Waals surface area contributed by atoms with Crippen LogP contribution in [-0.2, 0) is 14.4 Å². The number of aliphatic carboxylic acids is 2. The van der Waals surface area contributed by atoms with Gasteiger partial charge in [0.05, 0.1) is 0 Å². The summed E-state index contributed by atoms with van der Waals surface area (Å²) in [4.78, 5) is 30.0. The molecule has 0 radical (unpaired) electrons. The second kappa shape index (κ2) is 8.25. The van der Waals surface area contributed by atoms with Gasteiger partial charge in [-0.2, -0.15) is 0 Å². The van der Waals surface area contributed by atoms with Crippen molar-refractivity contribution >= 4 is 18.3 Å². The van der Waals surface area contributed by atoms with Crippen LogP contribution in [0.5, 0.6) is 0 Å². The minimum absolute atomic E-state index is 0.558. The number of hydrogen-bond acceptors (Lipinski definition) is 3. The normalized spacial score (nSPS) is 8.46. The molecule has 0 bridgehead atoms. The molecule has 6 nitrogen and oxygen atoms in total. The third-order valence-electron chi connectivity index (χ3n) is 0.579. The van der Waals surface area contributed by atoms with E-state index < -0.39 is 11.9 Å². The number of hydrogen-bond donors (Lipinski definition) is 2. The van der Waals surface area contributed by atoms with E-state index in [0.717, 1.165) is 6.41 Å². The molecule has 2 N–H and O–H groups in total. The third kappa shape index (κ3) is 25.4. The topological polar surface area (TPSA) is 94.9 Å². The molecule has 0 aromatic rings. The maximum absolute atomic E-state index is 9.55. The summed E-state index contributed by atoms with van der Waals surface area (Å²) < 4.78 is 0. The summed E-state index contributed by atoms with van der Waals surface area (Å²) >= 11 is 0. The highest BCUT2D eigenvalue weighted by Gasteiger charge is 1.88. The van der Waals surface area contributed by atoms with Crippen LogP contribution < -0.4 is 0 Å². The SMILES string of the molecule is CN(C)C=O.O=C(O)C=CC(=O)O. The monoisotopic (exact) mass is 189 g/mol. The van der Waals surface area contributed by atoms with Crippen LogP contribution in [0.4, 0.5) is 0 Å². The Hall–Kier alpha value is -1.85. The number of carboxylic acids is 2. The first kappa shape index (κ1) is 13.7. The van der Waals surface area contributed by atoms with E-state index in [2.05, 4.69) is 0 Å². The molecule has 0 spiro atoms. The van der Waals surface area contributed by atoms with Gasteiger partial charge in [-0.3, -0.25) is 4.79 Å². The number of nitrogens with zero attached hydrogens (tertiary/aromatic N) is 1. The summed E-state index contributed by atoms with van der Waals surface area (Å²) in [6.45, 7) is 0. The maximum atomic E-state index is 9.55. The quantitative estimate of drug-likeness (QED) is 0.457. The molecule has 0 atom stereocenters. The van der Waals surface area contributed by atoms with Crippen molar-refractivity contribution in [3.63, 3.8) is 0 Å². The second-order valence-corrected chi connectivity index (χ2v) is 2.08. The van der Waals surface area contributed by atoms with Crippen molar-refractivity contribution in [3.8, 4) is 0 Å². The lowest BCUT2D eigenvalue weighted by molar-refractivity contribution is -0.134. The third-order valence-corrected chi connectivity index (χ3v) is 0.579. The molecule has 0 unspecified atom stereocenters. The van der Waals surface area contributed by atoms with Gasteiger partial charge in [-0.1, -0.05) is 0 Å². The fourth-order valence-corrected chi connectivity index (χ4v) is 0.143. The van der Waals surface area contributed by atoms with E-state index >= 15 is 0 Å². The largest absolute Gasteiger partial charge is 0.478 e. The number of amides is 1. The lowest BCUT2D eigenvalue weighted by atomic mass is 10.5. The van der Waals surface area contributed by atoms with Crippen molar-refractivity contribution in [2.24, 2.45) is 0 Å². The lowest BCUT2D eigenvalue weighted by Crippen LogP contribution is -2.06. The molecule has 0 aliphatic carbocycles. The molecule has 0 saturated heterocycles. The van der Waals surface area contributed by atoms with Gasteiger partial charge in [0.25, 0.3) is 0 Å². The molecule has 0 aliphatic heterocycles. The second-order valence-electron chi connectivity index (χ2n) is 2.08. The van der Waals surface area contributed by atoms with Gasteiger partial charge in [-0.25, -0.2) is 9.59 Å². The van der Waals surface area contributed by atoms with Crippen molar-refractivity contribution in [3.05, 3.63) is 12.2 Å². The van der Waals surface area contributed by atoms with Crippen LogP contribution in [0, 0.1) is 0 Å². The van der Waals surface area contributed by atoms with Gasteiger partial charge in [-0.05, 0) is 0 Å². The molecule has 0 aromatic carbocycles. The Labute approximate surface area is 75.1 Å². The minimum atomic E-state index is -1.26.